The predicted molar refractivity (Wildman–Crippen MR) is 82.7 cm³/mol. The molecule has 0 aromatic heterocycles. The number of nitrogens with zero attached hydrogens (tertiary/aromatic N) is 1. The minimum atomic E-state index is -0.565. The quantitative estimate of drug-likeness (QED) is 0.712. The second-order valence-corrected chi connectivity index (χ2v) is 4.98. The first-order valence-corrected chi connectivity index (χ1v) is 7.18. The summed E-state index contributed by atoms with van der Waals surface area (Å²) in [7, 11) is 4.99. The van der Waals surface area contributed by atoms with E-state index in [1.165, 1.54) is 0 Å². The molecule has 0 spiro atoms. The molecule has 0 saturated heterocycles. The molecule has 1 N–H and O–H groups in total. The van der Waals surface area contributed by atoms with Crippen LogP contribution in [0.5, 0.6) is 5.75 Å². The van der Waals surface area contributed by atoms with Crippen LogP contribution >= 0.6 is 0 Å². The first-order valence-electron chi connectivity index (χ1n) is 7.18. The van der Waals surface area contributed by atoms with E-state index in [1.807, 2.05) is 31.2 Å². The standard InChI is InChI=1S/C16H27NO4/c1-13(17(9-11-19-2)10-12-20-3)16(18)14-5-7-15(21-4)8-6-14/h5-8,13,16,18H,9-12H2,1-4H3. The van der Waals surface area contributed by atoms with Crippen molar-refractivity contribution in [2.75, 3.05) is 47.6 Å². The van der Waals surface area contributed by atoms with Crippen LogP contribution in [0, 0.1) is 0 Å². The monoisotopic (exact) mass is 297 g/mol. The Hall–Kier alpha value is -1.14. The van der Waals surface area contributed by atoms with E-state index in [4.69, 9.17) is 14.2 Å². The summed E-state index contributed by atoms with van der Waals surface area (Å²) in [6.45, 7) is 4.79. The first kappa shape index (κ1) is 17.9. The van der Waals surface area contributed by atoms with Gasteiger partial charge in [0.15, 0.2) is 0 Å². The smallest absolute Gasteiger partial charge is 0.118 e. The summed E-state index contributed by atoms with van der Waals surface area (Å²) in [5.74, 6) is 0.786. The number of aliphatic hydroxyl groups is 1. The highest BCUT2D eigenvalue weighted by molar-refractivity contribution is 5.29. The molecule has 2 atom stereocenters. The number of hydrogen-bond acceptors (Lipinski definition) is 5. The molecule has 0 aliphatic rings. The SMILES string of the molecule is COCCN(CCOC)C(C)C(O)c1ccc(OC)cc1. The van der Waals surface area contributed by atoms with Crippen LogP contribution in [0.2, 0.25) is 0 Å². The molecule has 2 unspecified atom stereocenters. The van der Waals surface area contributed by atoms with Crippen molar-refractivity contribution in [3.63, 3.8) is 0 Å². The van der Waals surface area contributed by atoms with Crippen molar-refractivity contribution in [3.8, 4) is 5.75 Å². The van der Waals surface area contributed by atoms with Crippen LogP contribution in [-0.2, 0) is 9.47 Å². The van der Waals surface area contributed by atoms with Gasteiger partial charge in [0.2, 0.25) is 0 Å². The zero-order valence-electron chi connectivity index (χ0n) is 13.4. The normalized spacial score (nSPS) is 14.2. The van der Waals surface area contributed by atoms with E-state index in [0.717, 1.165) is 24.4 Å². The van der Waals surface area contributed by atoms with Gasteiger partial charge in [-0.25, -0.2) is 0 Å². The second-order valence-electron chi connectivity index (χ2n) is 4.98. The van der Waals surface area contributed by atoms with Crippen LogP contribution in [0.15, 0.2) is 24.3 Å². The molecule has 5 nitrogen and oxygen atoms in total. The molecule has 120 valence electrons. The van der Waals surface area contributed by atoms with Crippen LogP contribution in [0.1, 0.15) is 18.6 Å². The Morgan fingerprint density at radius 1 is 1.00 bits per heavy atom. The lowest BCUT2D eigenvalue weighted by Gasteiger charge is -2.32. The summed E-state index contributed by atoms with van der Waals surface area (Å²) in [4.78, 5) is 2.17. The maximum absolute atomic E-state index is 10.6. The molecule has 0 aliphatic heterocycles. The molecule has 5 heteroatoms. The van der Waals surface area contributed by atoms with Crippen molar-refractivity contribution in [1.82, 2.24) is 4.90 Å². The lowest BCUT2D eigenvalue weighted by atomic mass is 10.0. The van der Waals surface area contributed by atoms with Gasteiger partial charge in [-0.3, -0.25) is 4.90 Å². The van der Waals surface area contributed by atoms with Crippen LogP contribution in [0.25, 0.3) is 0 Å². The van der Waals surface area contributed by atoms with Crippen molar-refractivity contribution >= 4 is 0 Å². The van der Waals surface area contributed by atoms with Crippen LogP contribution in [0.3, 0.4) is 0 Å². The lowest BCUT2D eigenvalue weighted by molar-refractivity contribution is 0.0274. The Labute approximate surface area is 127 Å². The van der Waals surface area contributed by atoms with Gasteiger partial charge < -0.3 is 19.3 Å². The zero-order chi connectivity index (χ0) is 15.7. The Morgan fingerprint density at radius 2 is 1.52 bits per heavy atom. The fourth-order valence-corrected chi connectivity index (χ4v) is 2.22. The van der Waals surface area contributed by atoms with E-state index < -0.39 is 6.10 Å². The number of aliphatic hydroxyl groups excluding tert-OH is 1. The van der Waals surface area contributed by atoms with Crippen molar-refractivity contribution in [3.05, 3.63) is 29.8 Å². The molecule has 0 aliphatic carbocycles. The average molecular weight is 297 g/mol. The number of hydrogen-bond donors (Lipinski definition) is 1. The third-order valence-corrected chi connectivity index (χ3v) is 3.66. The fraction of sp³-hybridized carbons (Fsp3) is 0.625. The third kappa shape index (κ3) is 5.63. The Balaban J connectivity index is 2.71. The molecule has 0 fully saturated rings. The first-order chi connectivity index (χ1) is 10.1. The fourth-order valence-electron chi connectivity index (χ4n) is 2.22. The molecule has 1 aromatic carbocycles. The summed E-state index contributed by atoms with van der Waals surface area (Å²) in [5, 5.41) is 10.6. The van der Waals surface area contributed by atoms with Gasteiger partial charge in [-0.15, -0.1) is 0 Å². The molecule has 1 aromatic rings. The zero-order valence-corrected chi connectivity index (χ0v) is 13.4. The molecular weight excluding hydrogens is 270 g/mol. The van der Waals surface area contributed by atoms with Crippen LogP contribution in [-0.4, -0.2) is 63.7 Å². The van der Waals surface area contributed by atoms with E-state index in [2.05, 4.69) is 4.90 Å². The van der Waals surface area contributed by atoms with Crippen molar-refractivity contribution in [1.29, 1.82) is 0 Å². The van der Waals surface area contributed by atoms with Gasteiger partial charge in [-0.2, -0.15) is 0 Å². The molecular formula is C16H27NO4. The molecule has 0 bridgehead atoms. The van der Waals surface area contributed by atoms with Gasteiger partial charge in [0.05, 0.1) is 26.4 Å². The highest BCUT2D eigenvalue weighted by Crippen LogP contribution is 2.23. The summed E-state index contributed by atoms with van der Waals surface area (Å²) < 4.78 is 15.4. The molecule has 0 heterocycles. The number of benzene rings is 1. The maximum Gasteiger partial charge on any atom is 0.118 e. The van der Waals surface area contributed by atoms with Crippen LogP contribution in [0.4, 0.5) is 0 Å². The minimum Gasteiger partial charge on any atom is -0.497 e. The summed E-state index contributed by atoms with van der Waals surface area (Å²) >= 11 is 0. The lowest BCUT2D eigenvalue weighted by Crippen LogP contribution is -2.41. The summed E-state index contributed by atoms with van der Waals surface area (Å²) in [6, 6.07) is 7.49. The van der Waals surface area contributed by atoms with E-state index in [1.54, 1.807) is 21.3 Å². The molecule has 1 rings (SSSR count). The van der Waals surface area contributed by atoms with Crippen LogP contribution < -0.4 is 4.74 Å². The van der Waals surface area contributed by atoms with E-state index >= 15 is 0 Å². The van der Waals surface area contributed by atoms with Gasteiger partial charge in [-0.05, 0) is 24.6 Å². The average Bonchev–Trinajstić information content (AvgIpc) is 2.54. The van der Waals surface area contributed by atoms with Gasteiger partial charge in [0.25, 0.3) is 0 Å². The molecule has 21 heavy (non-hydrogen) atoms. The highest BCUT2D eigenvalue weighted by atomic mass is 16.5. The highest BCUT2D eigenvalue weighted by Gasteiger charge is 2.22. The Bertz CT molecular complexity index is 374. The van der Waals surface area contributed by atoms with E-state index in [9.17, 15) is 5.11 Å². The largest absolute Gasteiger partial charge is 0.497 e. The summed E-state index contributed by atoms with van der Waals surface area (Å²) in [5.41, 5.74) is 0.878. The van der Waals surface area contributed by atoms with Crippen molar-refractivity contribution < 1.29 is 19.3 Å². The molecule has 0 amide bonds. The predicted octanol–water partition coefficient (Wildman–Crippen LogP) is 1.71. The Morgan fingerprint density at radius 3 is 1.95 bits per heavy atom. The van der Waals surface area contributed by atoms with Gasteiger partial charge in [0.1, 0.15) is 5.75 Å². The second kappa shape index (κ2) is 9.73. The topological polar surface area (TPSA) is 51.2 Å². The van der Waals surface area contributed by atoms with E-state index in [0.29, 0.717) is 13.2 Å². The van der Waals surface area contributed by atoms with E-state index in [-0.39, 0.29) is 6.04 Å². The number of rotatable bonds is 10. The summed E-state index contributed by atoms with van der Waals surface area (Å²) in [6.07, 6.45) is -0.565. The van der Waals surface area contributed by atoms with Crippen molar-refractivity contribution in [2.45, 2.75) is 19.1 Å². The molecule has 0 radical (unpaired) electrons. The molecule has 0 saturated carbocycles. The maximum atomic E-state index is 10.6. The van der Waals surface area contributed by atoms with Gasteiger partial charge in [0, 0.05) is 33.4 Å². The minimum absolute atomic E-state index is 0.0244. The third-order valence-electron chi connectivity index (χ3n) is 3.66. The van der Waals surface area contributed by atoms with Gasteiger partial charge >= 0.3 is 0 Å². The van der Waals surface area contributed by atoms with Gasteiger partial charge in [-0.1, -0.05) is 12.1 Å². The number of methoxy groups -OCH3 is 3. The number of ether oxygens (including phenoxy) is 3. The van der Waals surface area contributed by atoms with Crippen molar-refractivity contribution in [2.24, 2.45) is 0 Å². The Kier molecular flexibility index (Phi) is 8.30.